The molecule has 0 saturated heterocycles. The molecule has 0 saturated carbocycles. The Kier molecular flexibility index (Phi) is 11.9. The standard InChI is InChI=1S/C38H49N3O3/c1-7-8-9-10-11-12-13-14-15-35(29(6)42)44-30-18-21-33(34(43)24-30)38-40-36(31-19-16-25(2)22-27(31)4)39-37(41-38)32-20-17-26(3)23-28(32)5/h16-24,29,35,42-43H,7-15H2,1-6H3. The van der Waals surface area contributed by atoms with Gasteiger partial charge in [0, 0.05) is 17.2 Å². The Morgan fingerprint density at radius 3 is 1.59 bits per heavy atom. The first-order valence-corrected chi connectivity index (χ1v) is 16.3. The first kappa shape index (κ1) is 33.1. The number of unbranched alkanes of at least 4 members (excludes halogenated alkanes) is 7. The Bertz CT molecular complexity index is 1460. The van der Waals surface area contributed by atoms with Crippen LogP contribution in [0.1, 0.15) is 93.9 Å². The molecule has 1 aromatic heterocycles. The summed E-state index contributed by atoms with van der Waals surface area (Å²) < 4.78 is 6.18. The molecule has 4 rings (SSSR count). The Balaban J connectivity index is 1.58. The quantitative estimate of drug-likeness (QED) is 0.133. The fraction of sp³-hybridized carbons (Fsp3) is 0.447. The van der Waals surface area contributed by atoms with Crippen molar-refractivity contribution in [3.05, 3.63) is 76.9 Å². The van der Waals surface area contributed by atoms with E-state index in [1.165, 1.54) is 49.7 Å². The van der Waals surface area contributed by atoms with Crippen LogP contribution < -0.4 is 4.74 Å². The zero-order valence-electron chi connectivity index (χ0n) is 27.4. The summed E-state index contributed by atoms with van der Waals surface area (Å²) in [5.74, 6) is 2.03. The Labute approximate surface area is 263 Å². The van der Waals surface area contributed by atoms with Crippen molar-refractivity contribution in [3.8, 4) is 45.7 Å². The van der Waals surface area contributed by atoms with E-state index in [0.717, 1.165) is 41.5 Å². The van der Waals surface area contributed by atoms with Crippen molar-refractivity contribution in [2.45, 2.75) is 112 Å². The molecular weight excluding hydrogens is 546 g/mol. The molecule has 0 bridgehead atoms. The van der Waals surface area contributed by atoms with E-state index in [4.69, 9.17) is 19.7 Å². The van der Waals surface area contributed by atoms with Crippen LogP contribution in [-0.4, -0.2) is 37.4 Å². The molecule has 1 heterocycles. The fourth-order valence-electron chi connectivity index (χ4n) is 5.69. The summed E-state index contributed by atoms with van der Waals surface area (Å²) in [4.78, 5) is 14.6. The number of rotatable bonds is 15. The lowest BCUT2D eigenvalue weighted by Gasteiger charge is -2.22. The van der Waals surface area contributed by atoms with Gasteiger partial charge in [0.1, 0.15) is 17.6 Å². The molecule has 0 aliphatic carbocycles. The maximum absolute atomic E-state index is 11.2. The van der Waals surface area contributed by atoms with E-state index in [1.807, 2.05) is 18.2 Å². The Hall–Kier alpha value is -3.77. The topological polar surface area (TPSA) is 88.4 Å². The number of aromatic hydroxyl groups is 1. The van der Waals surface area contributed by atoms with Gasteiger partial charge in [0.2, 0.25) is 0 Å². The molecule has 2 N–H and O–H groups in total. The van der Waals surface area contributed by atoms with Gasteiger partial charge in [-0.2, -0.15) is 0 Å². The highest BCUT2D eigenvalue weighted by molar-refractivity contribution is 5.72. The Morgan fingerprint density at radius 1 is 0.636 bits per heavy atom. The number of aromatic nitrogens is 3. The first-order chi connectivity index (χ1) is 21.2. The maximum Gasteiger partial charge on any atom is 0.167 e. The van der Waals surface area contributed by atoms with Crippen LogP contribution in [0.25, 0.3) is 34.2 Å². The van der Waals surface area contributed by atoms with Crippen molar-refractivity contribution in [2.75, 3.05) is 0 Å². The van der Waals surface area contributed by atoms with Crippen molar-refractivity contribution in [3.63, 3.8) is 0 Å². The van der Waals surface area contributed by atoms with Crippen LogP contribution in [0.4, 0.5) is 0 Å². The summed E-state index contributed by atoms with van der Waals surface area (Å²) in [7, 11) is 0. The lowest BCUT2D eigenvalue weighted by Crippen LogP contribution is -2.29. The number of ether oxygens (including phenoxy) is 1. The van der Waals surface area contributed by atoms with Crippen LogP contribution in [0.5, 0.6) is 11.5 Å². The molecule has 44 heavy (non-hydrogen) atoms. The molecule has 0 radical (unpaired) electrons. The molecule has 6 heteroatoms. The lowest BCUT2D eigenvalue weighted by molar-refractivity contribution is 0.0416. The number of phenolic OH excluding ortho intramolecular Hbond substituents is 1. The normalized spacial score (nSPS) is 12.7. The second-order valence-electron chi connectivity index (χ2n) is 12.3. The number of aliphatic hydroxyl groups excluding tert-OH is 1. The summed E-state index contributed by atoms with van der Waals surface area (Å²) in [5, 5.41) is 21.6. The molecule has 0 aliphatic rings. The third-order valence-electron chi connectivity index (χ3n) is 8.26. The summed E-state index contributed by atoms with van der Waals surface area (Å²) in [6.07, 6.45) is 9.62. The zero-order valence-corrected chi connectivity index (χ0v) is 27.4. The van der Waals surface area contributed by atoms with E-state index in [9.17, 15) is 10.2 Å². The summed E-state index contributed by atoms with van der Waals surface area (Å²) in [6.45, 7) is 12.2. The van der Waals surface area contributed by atoms with Gasteiger partial charge in [-0.3, -0.25) is 0 Å². The third kappa shape index (κ3) is 8.88. The molecule has 234 valence electrons. The van der Waals surface area contributed by atoms with Crippen LogP contribution >= 0.6 is 0 Å². The molecule has 4 aromatic rings. The van der Waals surface area contributed by atoms with E-state index in [0.29, 0.717) is 28.8 Å². The number of aryl methyl sites for hydroxylation is 4. The molecule has 0 fully saturated rings. The second kappa shape index (κ2) is 15.8. The van der Waals surface area contributed by atoms with Crippen LogP contribution in [0.15, 0.2) is 54.6 Å². The minimum atomic E-state index is -0.620. The molecular formula is C38H49N3O3. The minimum absolute atomic E-state index is 0.0169. The van der Waals surface area contributed by atoms with Crippen molar-refractivity contribution >= 4 is 0 Å². The second-order valence-corrected chi connectivity index (χ2v) is 12.3. The van der Waals surface area contributed by atoms with Crippen molar-refractivity contribution in [1.29, 1.82) is 0 Å². The predicted molar refractivity (Wildman–Crippen MR) is 180 cm³/mol. The summed E-state index contributed by atoms with van der Waals surface area (Å²) in [6, 6.07) is 17.6. The van der Waals surface area contributed by atoms with Crippen LogP contribution in [0.2, 0.25) is 0 Å². The molecule has 6 nitrogen and oxygen atoms in total. The fourth-order valence-corrected chi connectivity index (χ4v) is 5.69. The van der Waals surface area contributed by atoms with Gasteiger partial charge in [-0.05, 0) is 70.7 Å². The van der Waals surface area contributed by atoms with Crippen LogP contribution in [-0.2, 0) is 0 Å². The number of hydrogen-bond acceptors (Lipinski definition) is 6. The van der Waals surface area contributed by atoms with Gasteiger partial charge in [0.25, 0.3) is 0 Å². The van der Waals surface area contributed by atoms with E-state index in [2.05, 4.69) is 58.9 Å². The molecule has 3 aromatic carbocycles. The van der Waals surface area contributed by atoms with Crippen molar-refractivity contribution in [2.24, 2.45) is 0 Å². The van der Waals surface area contributed by atoms with Crippen LogP contribution in [0, 0.1) is 27.7 Å². The molecule has 0 aliphatic heterocycles. The number of aliphatic hydroxyl groups is 1. The van der Waals surface area contributed by atoms with Gasteiger partial charge in [0.05, 0.1) is 11.7 Å². The number of nitrogens with zero attached hydrogens (tertiary/aromatic N) is 3. The highest BCUT2D eigenvalue weighted by atomic mass is 16.5. The summed E-state index contributed by atoms with van der Waals surface area (Å²) in [5.41, 5.74) is 6.82. The zero-order chi connectivity index (χ0) is 31.6. The van der Waals surface area contributed by atoms with E-state index >= 15 is 0 Å². The highest BCUT2D eigenvalue weighted by Gasteiger charge is 2.20. The van der Waals surface area contributed by atoms with Gasteiger partial charge < -0.3 is 14.9 Å². The SMILES string of the molecule is CCCCCCCCCCC(Oc1ccc(-c2nc(-c3ccc(C)cc3C)nc(-c3ccc(C)cc3C)n2)c(O)c1)C(C)O. The maximum atomic E-state index is 11.2. The number of hydrogen-bond donors (Lipinski definition) is 2. The predicted octanol–water partition coefficient (Wildman–Crippen LogP) is 9.47. The van der Waals surface area contributed by atoms with E-state index < -0.39 is 6.10 Å². The largest absolute Gasteiger partial charge is 0.507 e. The van der Waals surface area contributed by atoms with Crippen molar-refractivity contribution < 1.29 is 14.9 Å². The third-order valence-corrected chi connectivity index (χ3v) is 8.26. The summed E-state index contributed by atoms with van der Waals surface area (Å²) >= 11 is 0. The van der Waals surface area contributed by atoms with Gasteiger partial charge in [-0.25, -0.2) is 15.0 Å². The van der Waals surface area contributed by atoms with E-state index in [-0.39, 0.29) is 11.9 Å². The lowest BCUT2D eigenvalue weighted by atomic mass is 10.0. The van der Waals surface area contributed by atoms with Crippen LogP contribution in [0.3, 0.4) is 0 Å². The first-order valence-electron chi connectivity index (χ1n) is 16.3. The van der Waals surface area contributed by atoms with Gasteiger partial charge in [0.15, 0.2) is 17.5 Å². The average Bonchev–Trinajstić information content (AvgIpc) is 2.97. The molecule has 0 spiro atoms. The molecule has 2 atom stereocenters. The van der Waals surface area contributed by atoms with E-state index in [1.54, 1.807) is 19.1 Å². The highest BCUT2D eigenvalue weighted by Crippen LogP contribution is 2.34. The smallest absolute Gasteiger partial charge is 0.167 e. The van der Waals surface area contributed by atoms with Gasteiger partial charge in [-0.1, -0.05) is 99.4 Å². The van der Waals surface area contributed by atoms with Gasteiger partial charge >= 0.3 is 0 Å². The Morgan fingerprint density at radius 2 is 1.11 bits per heavy atom. The minimum Gasteiger partial charge on any atom is -0.507 e. The molecule has 2 unspecified atom stereocenters. The number of benzene rings is 3. The van der Waals surface area contributed by atoms with Crippen molar-refractivity contribution in [1.82, 2.24) is 15.0 Å². The van der Waals surface area contributed by atoms with Gasteiger partial charge in [-0.15, -0.1) is 0 Å². The monoisotopic (exact) mass is 595 g/mol. The molecule has 0 amide bonds. The number of phenols is 1. The average molecular weight is 596 g/mol.